The maximum Gasteiger partial charge on any atom is 0.294 e. The Hall–Kier alpha value is -4.46. The van der Waals surface area contributed by atoms with Gasteiger partial charge in [-0.3, -0.25) is 19.7 Å². The van der Waals surface area contributed by atoms with Gasteiger partial charge in [-0.2, -0.15) is 0 Å². The van der Waals surface area contributed by atoms with Crippen molar-refractivity contribution in [1.82, 2.24) is 0 Å². The van der Waals surface area contributed by atoms with Crippen molar-refractivity contribution in [2.45, 2.75) is 13.0 Å². The number of anilines is 3. The molecule has 0 aromatic heterocycles. The molecule has 2 amide bonds. The molecule has 8 heteroatoms. The minimum Gasteiger partial charge on any atom is -0.489 e. The fourth-order valence-corrected chi connectivity index (χ4v) is 5.60. The van der Waals surface area contributed by atoms with E-state index in [4.69, 9.17) is 4.74 Å². The number of carbonyl (C=O) groups excluding carboxylic acids is 2. The summed E-state index contributed by atoms with van der Waals surface area (Å²) in [5.74, 6) is -0.395. The summed E-state index contributed by atoms with van der Waals surface area (Å²) in [6.07, 6.45) is 4.88. The topological polar surface area (TPSA) is 102 Å². The lowest BCUT2D eigenvalue weighted by Gasteiger charge is -2.18. The first kappa shape index (κ1) is 22.0. The Balaban J connectivity index is 1.19. The first-order chi connectivity index (χ1) is 17.5. The van der Waals surface area contributed by atoms with Gasteiger partial charge in [-0.1, -0.05) is 42.5 Å². The lowest BCUT2D eigenvalue weighted by Crippen LogP contribution is -2.32. The van der Waals surface area contributed by atoms with Crippen molar-refractivity contribution in [3.63, 3.8) is 0 Å². The zero-order chi connectivity index (χ0) is 24.8. The Morgan fingerprint density at radius 1 is 0.917 bits per heavy atom. The van der Waals surface area contributed by atoms with E-state index in [9.17, 15) is 19.7 Å². The van der Waals surface area contributed by atoms with Crippen molar-refractivity contribution in [3.8, 4) is 5.75 Å². The maximum atomic E-state index is 13.1. The predicted molar refractivity (Wildman–Crippen MR) is 134 cm³/mol. The van der Waals surface area contributed by atoms with Crippen LogP contribution in [0.5, 0.6) is 5.75 Å². The number of rotatable bonds is 7. The molecule has 3 aromatic carbocycles. The molecule has 8 nitrogen and oxygen atoms in total. The van der Waals surface area contributed by atoms with Gasteiger partial charge in [-0.25, -0.2) is 4.90 Å². The first-order valence-electron chi connectivity index (χ1n) is 11.9. The van der Waals surface area contributed by atoms with E-state index in [2.05, 4.69) is 5.32 Å². The van der Waals surface area contributed by atoms with Gasteiger partial charge in [0.1, 0.15) is 18.0 Å². The van der Waals surface area contributed by atoms with Crippen LogP contribution in [0.1, 0.15) is 12.0 Å². The number of imide groups is 1. The Morgan fingerprint density at radius 2 is 1.58 bits per heavy atom. The standard InChI is InChI=1S/C28H23N3O5/c32-27-25-18-6-7-19(14-18)26(25)28(33)30(27)21-10-13-23(24(15-21)31(34)35)29-20-8-11-22(12-9-20)36-16-17-4-2-1-3-5-17/h1-13,15,18-19,25-26,29H,14,16H2. The maximum absolute atomic E-state index is 13.1. The summed E-state index contributed by atoms with van der Waals surface area (Å²) in [7, 11) is 0. The van der Waals surface area contributed by atoms with Crippen molar-refractivity contribution in [2.24, 2.45) is 23.7 Å². The van der Waals surface area contributed by atoms with Gasteiger partial charge in [0.05, 0.1) is 22.4 Å². The monoisotopic (exact) mass is 481 g/mol. The summed E-state index contributed by atoms with van der Waals surface area (Å²) in [6.45, 7) is 0.438. The molecule has 1 saturated heterocycles. The number of amides is 2. The lowest BCUT2D eigenvalue weighted by molar-refractivity contribution is -0.383. The molecular formula is C28H23N3O5. The number of nitro groups is 1. The number of hydrogen-bond acceptors (Lipinski definition) is 6. The van der Waals surface area contributed by atoms with Crippen molar-refractivity contribution < 1.29 is 19.2 Å². The van der Waals surface area contributed by atoms with Gasteiger partial charge in [-0.05, 0) is 60.2 Å². The van der Waals surface area contributed by atoms with E-state index < -0.39 is 4.92 Å². The zero-order valence-electron chi connectivity index (χ0n) is 19.2. The highest BCUT2D eigenvalue weighted by atomic mass is 16.6. The molecule has 2 fully saturated rings. The number of carbonyl (C=O) groups is 2. The molecule has 36 heavy (non-hydrogen) atoms. The highest BCUT2D eigenvalue weighted by Crippen LogP contribution is 2.53. The molecule has 6 rings (SSSR count). The number of allylic oxidation sites excluding steroid dienone is 2. The van der Waals surface area contributed by atoms with Crippen LogP contribution in [-0.2, 0) is 16.2 Å². The molecule has 2 aliphatic carbocycles. The first-order valence-corrected chi connectivity index (χ1v) is 11.9. The van der Waals surface area contributed by atoms with Crippen LogP contribution in [0.25, 0.3) is 0 Å². The van der Waals surface area contributed by atoms with Crippen LogP contribution in [0, 0.1) is 33.8 Å². The Kier molecular flexibility index (Phi) is 5.29. The van der Waals surface area contributed by atoms with E-state index in [1.165, 1.54) is 12.1 Å². The number of ether oxygens (including phenoxy) is 1. The summed E-state index contributed by atoms with van der Waals surface area (Å²) in [6, 6.07) is 21.3. The molecule has 1 saturated carbocycles. The van der Waals surface area contributed by atoms with E-state index in [1.807, 2.05) is 42.5 Å². The molecule has 2 bridgehead atoms. The SMILES string of the molecule is O=C1C2C3C=CC(C3)C2C(=O)N1c1ccc(Nc2ccc(OCc3ccccc3)cc2)c([N+](=O)[O-])c1. The van der Waals surface area contributed by atoms with Crippen LogP contribution in [0.2, 0.25) is 0 Å². The van der Waals surface area contributed by atoms with E-state index in [-0.39, 0.29) is 52.5 Å². The van der Waals surface area contributed by atoms with Gasteiger partial charge in [0, 0.05) is 11.8 Å². The second-order valence-electron chi connectivity index (χ2n) is 9.39. The molecule has 1 heterocycles. The number of benzene rings is 3. The van der Waals surface area contributed by atoms with E-state index >= 15 is 0 Å². The van der Waals surface area contributed by atoms with Crippen LogP contribution in [0.4, 0.5) is 22.7 Å². The van der Waals surface area contributed by atoms with Gasteiger partial charge >= 0.3 is 0 Å². The summed E-state index contributed by atoms with van der Waals surface area (Å²) >= 11 is 0. The smallest absolute Gasteiger partial charge is 0.294 e. The predicted octanol–water partition coefficient (Wildman–Crippen LogP) is 5.23. The average molecular weight is 482 g/mol. The number of fused-ring (bicyclic) bond motifs is 5. The second kappa shape index (κ2) is 8.64. The highest BCUT2D eigenvalue weighted by molar-refractivity contribution is 6.23. The third-order valence-electron chi connectivity index (χ3n) is 7.29. The fourth-order valence-electron chi connectivity index (χ4n) is 5.60. The van der Waals surface area contributed by atoms with Crippen molar-refractivity contribution in [2.75, 3.05) is 10.2 Å². The lowest BCUT2D eigenvalue weighted by atomic mass is 9.85. The Labute approximate surface area is 207 Å². The van der Waals surface area contributed by atoms with E-state index in [0.717, 1.165) is 16.9 Å². The fraction of sp³-hybridized carbons (Fsp3) is 0.214. The van der Waals surface area contributed by atoms with Gasteiger partial charge in [0.2, 0.25) is 11.8 Å². The van der Waals surface area contributed by atoms with Crippen LogP contribution >= 0.6 is 0 Å². The molecule has 4 unspecified atom stereocenters. The minimum absolute atomic E-state index is 0.0806. The van der Waals surface area contributed by atoms with Crippen LogP contribution in [0.3, 0.4) is 0 Å². The number of nitro benzene ring substituents is 1. The summed E-state index contributed by atoms with van der Waals surface area (Å²) in [5.41, 5.74) is 1.99. The molecule has 4 atom stereocenters. The van der Waals surface area contributed by atoms with Crippen molar-refractivity contribution in [3.05, 3.63) is 101 Å². The van der Waals surface area contributed by atoms with Gasteiger partial charge in [0.15, 0.2) is 0 Å². The van der Waals surface area contributed by atoms with Gasteiger partial charge < -0.3 is 10.1 Å². The molecule has 0 spiro atoms. The van der Waals surface area contributed by atoms with Crippen LogP contribution in [-0.4, -0.2) is 16.7 Å². The molecule has 0 radical (unpaired) electrons. The van der Waals surface area contributed by atoms with Crippen LogP contribution < -0.4 is 15.0 Å². The summed E-state index contributed by atoms with van der Waals surface area (Å²) in [4.78, 5) is 38.7. The molecule has 180 valence electrons. The largest absolute Gasteiger partial charge is 0.489 e. The number of nitrogens with zero attached hydrogens (tertiary/aromatic N) is 2. The van der Waals surface area contributed by atoms with Crippen molar-refractivity contribution >= 4 is 34.6 Å². The molecule has 3 aromatic rings. The number of nitrogens with one attached hydrogen (secondary N) is 1. The minimum atomic E-state index is -0.514. The van der Waals surface area contributed by atoms with Gasteiger partial charge in [0.25, 0.3) is 5.69 Å². The molecule has 3 aliphatic rings. The zero-order valence-corrected chi connectivity index (χ0v) is 19.2. The normalized spacial score (nSPS) is 23.7. The van der Waals surface area contributed by atoms with Crippen LogP contribution in [0.15, 0.2) is 84.9 Å². The third-order valence-corrected chi connectivity index (χ3v) is 7.29. The second-order valence-corrected chi connectivity index (χ2v) is 9.39. The third kappa shape index (κ3) is 3.71. The Morgan fingerprint density at radius 3 is 2.22 bits per heavy atom. The Bertz CT molecular complexity index is 1360. The quantitative estimate of drug-likeness (QED) is 0.215. The average Bonchev–Trinajstić information content (AvgIpc) is 3.58. The summed E-state index contributed by atoms with van der Waals surface area (Å²) in [5, 5.41) is 14.9. The number of hydrogen-bond donors (Lipinski definition) is 1. The highest BCUT2D eigenvalue weighted by Gasteiger charge is 2.59. The van der Waals surface area contributed by atoms with E-state index in [1.54, 1.807) is 30.3 Å². The van der Waals surface area contributed by atoms with E-state index in [0.29, 0.717) is 18.0 Å². The molecular weight excluding hydrogens is 458 g/mol. The van der Waals surface area contributed by atoms with Crippen molar-refractivity contribution in [1.29, 1.82) is 0 Å². The molecule has 1 aliphatic heterocycles. The molecule has 1 N–H and O–H groups in total. The summed E-state index contributed by atoms with van der Waals surface area (Å²) < 4.78 is 5.79. The van der Waals surface area contributed by atoms with Gasteiger partial charge in [-0.15, -0.1) is 0 Å².